The van der Waals surface area contributed by atoms with E-state index in [0.29, 0.717) is 24.5 Å². The van der Waals surface area contributed by atoms with Crippen molar-refractivity contribution in [1.29, 1.82) is 5.26 Å². The van der Waals surface area contributed by atoms with Crippen molar-refractivity contribution in [2.45, 2.75) is 25.6 Å². The van der Waals surface area contributed by atoms with E-state index in [1.54, 1.807) is 36.1 Å². The molecular weight excluding hydrogens is 300 g/mol. The van der Waals surface area contributed by atoms with E-state index in [4.69, 9.17) is 19.8 Å². The average Bonchev–Trinajstić information content (AvgIpc) is 2.54. The van der Waals surface area contributed by atoms with Gasteiger partial charge in [-0.3, -0.25) is 9.59 Å². The number of carboxylic acid groups (broad SMARTS) is 1. The second-order valence-corrected chi connectivity index (χ2v) is 5.27. The molecule has 1 saturated heterocycles. The summed E-state index contributed by atoms with van der Waals surface area (Å²) in [6, 6.07) is 8.59. The van der Waals surface area contributed by atoms with Crippen molar-refractivity contribution in [3.05, 3.63) is 29.8 Å². The van der Waals surface area contributed by atoms with Crippen LogP contribution in [0.2, 0.25) is 0 Å². The number of hydrogen-bond acceptors (Lipinski definition) is 5. The molecule has 1 fully saturated rings. The molecule has 7 nitrogen and oxygen atoms in total. The summed E-state index contributed by atoms with van der Waals surface area (Å²) >= 11 is 0. The highest BCUT2D eigenvalue weighted by Gasteiger charge is 2.29. The zero-order chi connectivity index (χ0) is 16.8. The van der Waals surface area contributed by atoms with Gasteiger partial charge in [0.05, 0.1) is 30.8 Å². The number of nitriles is 1. The van der Waals surface area contributed by atoms with E-state index in [1.807, 2.05) is 6.07 Å². The number of carboxylic acids is 1. The maximum absolute atomic E-state index is 12.4. The van der Waals surface area contributed by atoms with Crippen LogP contribution in [0.25, 0.3) is 0 Å². The van der Waals surface area contributed by atoms with Crippen molar-refractivity contribution in [3.63, 3.8) is 0 Å². The van der Waals surface area contributed by atoms with E-state index in [2.05, 4.69) is 0 Å². The summed E-state index contributed by atoms with van der Waals surface area (Å²) in [4.78, 5) is 24.7. The molecular formula is C16H18N2O5. The minimum absolute atomic E-state index is 0.136. The van der Waals surface area contributed by atoms with Gasteiger partial charge in [0.1, 0.15) is 5.75 Å². The quantitative estimate of drug-likeness (QED) is 0.870. The van der Waals surface area contributed by atoms with E-state index in [1.165, 1.54) is 0 Å². The van der Waals surface area contributed by atoms with Crippen molar-refractivity contribution >= 4 is 11.9 Å². The fourth-order valence-corrected chi connectivity index (χ4v) is 2.39. The van der Waals surface area contributed by atoms with Crippen LogP contribution in [0.5, 0.6) is 5.75 Å². The van der Waals surface area contributed by atoms with Crippen molar-refractivity contribution in [2.75, 3.05) is 19.7 Å². The monoisotopic (exact) mass is 318 g/mol. The van der Waals surface area contributed by atoms with Crippen LogP contribution in [-0.4, -0.2) is 53.8 Å². The van der Waals surface area contributed by atoms with Gasteiger partial charge in [-0.1, -0.05) is 6.07 Å². The fraction of sp³-hybridized carbons (Fsp3) is 0.438. The second kappa shape index (κ2) is 7.61. The first kappa shape index (κ1) is 16.8. The molecule has 1 N–H and O–H groups in total. The molecule has 0 unspecified atom stereocenters. The molecule has 0 saturated carbocycles. The normalized spacial score (nSPS) is 18.8. The zero-order valence-electron chi connectivity index (χ0n) is 12.8. The van der Waals surface area contributed by atoms with Crippen molar-refractivity contribution < 1.29 is 24.2 Å². The van der Waals surface area contributed by atoms with Crippen molar-refractivity contribution in [1.82, 2.24) is 4.90 Å². The molecule has 0 spiro atoms. The third-order valence-electron chi connectivity index (χ3n) is 3.48. The van der Waals surface area contributed by atoms with Crippen molar-refractivity contribution in [2.24, 2.45) is 0 Å². The van der Waals surface area contributed by atoms with Crippen LogP contribution in [0.3, 0.4) is 0 Å². The summed E-state index contributed by atoms with van der Waals surface area (Å²) in [5.41, 5.74) is 0.454. The Morgan fingerprint density at radius 1 is 1.57 bits per heavy atom. The summed E-state index contributed by atoms with van der Waals surface area (Å²) < 4.78 is 10.9. The molecule has 0 aromatic heterocycles. The number of aliphatic carboxylic acids is 1. The highest BCUT2D eigenvalue weighted by molar-refractivity contribution is 5.81. The van der Waals surface area contributed by atoms with Crippen LogP contribution >= 0.6 is 0 Å². The topological polar surface area (TPSA) is 99.9 Å². The lowest BCUT2D eigenvalue weighted by molar-refractivity contribution is -0.151. The number of hydrogen-bond donors (Lipinski definition) is 1. The van der Waals surface area contributed by atoms with Gasteiger partial charge in [-0.2, -0.15) is 5.26 Å². The molecule has 1 amide bonds. The van der Waals surface area contributed by atoms with Gasteiger partial charge in [0, 0.05) is 13.1 Å². The number of benzene rings is 1. The third-order valence-corrected chi connectivity index (χ3v) is 3.48. The number of amides is 1. The maximum Gasteiger partial charge on any atom is 0.306 e. The Hall–Kier alpha value is -2.59. The molecule has 1 heterocycles. The molecule has 1 aromatic carbocycles. The van der Waals surface area contributed by atoms with Crippen LogP contribution in [0.15, 0.2) is 24.3 Å². The van der Waals surface area contributed by atoms with Crippen LogP contribution in [0.1, 0.15) is 18.9 Å². The lowest BCUT2D eigenvalue weighted by atomic mass is 10.2. The predicted molar refractivity (Wildman–Crippen MR) is 79.8 cm³/mol. The molecule has 122 valence electrons. The van der Waals surface area contributed by atoms with E-state index < -0.39 is 18.2 Å². The number of nitrogens with zero attached hydrogens (tertiary/aromatic N) is 2. The SMILES string of the molecule is C[C@H](Oc1cccc(C#N)c1)C(=O)N1CCO[C@@H](CC(=O)O)C1. The number of rotatable bonds is 5. The minimum Gasteiger partial charge on any atom is -0.481 e. The summed E-state index contributed by atoms with van der Waals surface area (Å²) in [7, 11) is 0. The van der Waals surface area contributed by atoms with Gasteiger partial charge >= 0.3 is 5.97 Å². The third kappa shape index (κ3) is 4.69. The maximum atomic E-state index is 12.4. The van der Waals surface area contributed by atoms with Crippen LogP contribution < -0.4 is 4.74 Å². The van der Waals surface area contributed by atoms with Gasteiger partial charge in [-0.15, -0.1) is 0 Å². The molecule has 2 rings (SSSR count). The Bertz CT molecular complexity index is 625. The molecule has 0 bridgehead atoms. The van der Waals surface area contributed by atoms with Gasteiger partial charge < -0.3 is 19.5 Å². The number of ether oxygens (including phenoxy) is 2. The highest BCUT2D eigenvalue weighted by atomic mass is 16.5. The summed E-state index contributed by atoms with van der Waals surface area (Å²) in [5, 5.41) is 17.7. The van der Waals surface area contributed by atoms with Gasteiger partial charge in [0.25, 0.3) is 5.91 Å². The lowest BCUT2D eigenvalue weighted by Gasteiger charge is -2.33. The van der Waals surface area contributed by atoms with Crippen LogP contribution in [0, 0.1) is 11.3 Å². The Labute approximate surface area is 134 Å². The lowest BCUT2D eigenvalue weighted by Crippen LogP contribution is -2.50. The highest BCUT2D eigenvalue weighted by Crippen LogP contribution is 2.16. The van der Waals surface area contributed by atoms with E-state index in [-0.39, 0.29) is 18.9 Å². The Morgan fingerprint density at radius 2 is 2.35 bits per heavy atom. The molecule has 1 aliphatic heterocycles. The van der Waals surface area contributed by atoms with Crippen LogP contribution in [-0.2, 0) is 14.3 Å². The first-order chi connectivity index (χ1) is 11.0. The standard InChI is InChI=1S/C16H18N2O5/c1-11(23-13-4-2-3-12(7-13)9-17)16(21)18-5-6-22-14(10-18)8-15(19)20/h2-4,7,11,14H,5-6,8,10H2,1H3,(H,19,20)/t11-,14-/m0/s1. The predicted octanol–water partition coefficient (Wildman–Crippen LogP) is 1.03. The van der Waals surface area contributed by atoms with Gasteiger partial charge in [0.2, 0.25) is 0 Å². The first-order valence-corrected chi connectivity index (χ1v) is 7.28. The van der Waals surface area contributed by atoms with E-state index in [9.17, 15) is 9.59 Å². The summed E-state index contributed by atoms with van der Waals surface area (Å²) in [6.07, 6.45) is -1.37. The van der Waals surface area contributed by atoms with Gasteiger partial charge in [-0.25, -0.2) is 0 Å². The molecule has 2 atom stereocenters. The smallest absolute Gasteiger partial charge is 0.306 e. The number of morpholine rings is 1. The largest absolute Gasteiger partial charge is 0.481 e. The molecule has 1 aliphatic rings. The molecule has 1 aromatic rings. The summed E-state index contributed by atoms with van der Waals surface area (Å²) in [5.74, 6) is -0.742. The van der Waals surface area contributed by atoms with Crippen molar-refractivity contribution in [3.8, 4) is 11.8 Å². The van der Waals surface area contributed by atoms with E-state index in [0.717, 1.165) is 0 Å². The molecule has 0 aliphatic carbocycles. The number of carbonyl (C=O) groups excluding carboxylic acids is 1. The first-order valence-electron chi connectivity index (χ1n) is 7.28. The Morgan fingerprint density at radius 3 is 3.04 bits per heavy atom. The Balaban J connectivity index is 1.96. The zero-order valence-corrected chi connectivity index (χ0v) is 12.8. The fourth-order valence-electron chi connectivity index (χ4n) is 2.39. The average molecular weight is 318 g/mol. The molecule has 23 heavy (non-hydrogen) atoms. The van der Waals surface area contributed by atoms with Gasteiger partial charge in [-0.05, 0) is 25.1 Å². The minimum atomic E-state index is -0.957. The second-order valence-electron chi connectivity index (χ2n) is 5.27. The summed E-state index contributed by atoms with van der Waals surface area (Å²) in [6.45, 7) is 2.57. The molecule has 0 radical (unpaired) electrons. The Kier molecular flexibility index (Phi) is 5.55. The molecule has 7 heteroatoms. The number of carbonyl (C=O) groups is 2. The van der Waals surface area contributed by atoms with Gasteiger partial charge in [0.15, 0.2) is 6.10 Å². The van der Waals surface area contributed by atoms with Crippen LogP contribution in [0.4, 0.5) is 0 Å². The van der Waals surface area contributed by atoms with E-state index >= 15 is 0 Å².